The molecule has 2 aliphatic heterocycles. The Labute approximate surface area is 302 Å². The minimum absolute atomic E-state index is 0.00202. The average Bonchev–Trinajstić information content (AvgIpc) is 3.84. The van der Waals surface area contributed by atoms with Crippen molar-refractivity contribution in [2.45, 2.75) is 126 Å². The quantitative estimate of drug-likeness (QED) is 0.129. The van der Waals surface area contributed by atoms with E-state index < -0.39 is 69.9 Å². The van der Waals surface area contributed by atoms with Crippen molar-refractivity contribution in [2.24, 2.45) is 39.4 Å². The minimum atomic E-state index is -1.04. The molecule has 13 heteroatoms. The number of nitrogens with one attached hydrogen (secondary N) is 4. The van der Waals surface area contributed by atoms with Gasteiger partial charge in [0, 0.05) is 32.5 Å². The summed E-state index contributed by atoms with van der Waals surface area (Å²) in [6.07, 6.45) is 4.10. The number of imide groups is 1. The molecule has 0 aromatic heterocycles. The second-order valence-corrected chi connectivity index (χ2v) is 18.7. The summed E-state index contributed by atoms with van der Waals surface area (Å²) in [7, 11) is 0. The minimum Gasteiger partial charge on any atom is -0.346 e. The molecule has 0 radical (unpaired) electrons. The number of carbonyl (C=O) groups is 7. The zero-order valence-corrected chi connectivity index (χ0v) is 32.2. The Kier molecular flexibility index (Phi) is 11.2. The third-order valence-electron chi connectivity index (χ3n) is 11.3. The molecule has 4 aliphatic rings. The van der Waals surface area contributed by atoms with E-state index in [2.05, 4.69) is 41.7 Å². The molecule has 0 spiro atoms. The first kappa shape index (κ1) is 40.0. The molecular weight excluding hydrogens is 652 g/mol. The fourth-order valence-corrected chi connectivity index (χ4v) is 7.68. The summed E-state index contributed by atoms with van der Waals surface area (Å²) >= 11 is 0. The van der Waals surface area contributed by atoms with Crippen LogP contribution in [-0.4, -0.2) is 95.0 Å². The number of rotatable bonds is 13. The van der Waals surface area contributed by atoms with E-state index in [1.807, 2.05) is 55.4 Å². The molecule has 2 saturated heterocycles. The summed E-state index contributed by atoms with van der Waals surface area (Å²) in [6, 6.07) is -4.20. The Balaban J connectivity index is 1.52. The van der Waals surface area contributed by atoms with Crippen LogP contribution in [0.5, 0.6) is 0 Å². The maximum atomic E-state index is 14.5. The van der Waals surface area contributed by atoms with Gasteiger partial charge in [-0.15, -0.1) is 6.58 Å². The van der Waals surface area contributed by atoms with Gasteiger partial charge in [0.05, 0.1) is 12.1 Å². The maximum absolute atomic E-state index is 14.5. The fourth-order valence-electron chi connectivity index (χ4n) is 7.68. The molecule has 4 fully saturated rings. The van der Waals surface area contributed by atoms with Crippen molar-refractivity contribution in [1.82, 2.24) is 31.1 Å². The number of amides is 7. The average molecular weight is 713 g/mol. The highest BCUT2D eigenvalue weighted by atomic mass is 16.2. The van der Waals surface area contributed by atoms with E-state index in [0.29, 0.717) is 13.0 Å². The van der Waals surface area contributed by atoms with E-state index >= 15 is 0 Å². The molecule has 0 aromatic rings. The molecular formula is C38H60N6O7. The number of hydrogen-bond acceptors (Lipinski definition) is 7. The molecule has 2 aliphatic carbocycles. The number of nitrogens with zero attached hydrogens (tertiary/aromatic N) is 2. The standard InChI is InChI=1S/C38H60N6O7/c1-12-15-39-32(49)29(47)23(16-21-13-14-21)40-31(48)28-27-22(38(27,10)11)19-44(28)33(50)30(36(5,6)7)42-34(51)41-24(35(2,3)4)20-43-25(45)17-37(8,9)18-26(43)46/h12,21-24,27-28,30H,1,13-20H2,2-11H3,(H,39,49)(H,40,48)(H2,41,42,51). The number of Topliss-reactive ketones (excluding diaryl/α,β-unsaturated/α-hetero) is 1. The first-order chi connectivity index (χ1) is 23.4. The van der Waals surface area contributed by atoms with Crippen molar-refractivity contribution in [2.75, 3.05) is 19.6 Å². The van der Waals surface area contributed by atoms with E-state index in [1.165, 1.54) is 15.9 Å². The van der Waals surface area contributed by atoms with Gasteiger partial charge in [-0.1, -0.05) is 88.2 Å². The summed E-state index contributed by atoms with van der Waals surface area (Å²) < 4.78 is 0. The van der Waals surface area contributed by atoms with Gasteiger partial charge >= 0.3 is 6.03 Å². The third-order valence-corrected chi connectivity index (χ3v) is 11.3. The normalized spacial score (nSPS) is 25.6. The van der Waals surface area contributed by atoms with Crippen LogP contribution < -0.4 is 21.3 Å². The van der Waals surface area contributed by atoms with Crippen LogP contribution in [0.3, 0.4) is 0 Å². The lowest BCUT2D eigenvalue weighted by molar-refractivity contribution is -0.153. The first-order valence-electron chi connectivity index (χ1n) is 18.3. The smallest absolute Gasteiger partial charge is 0.315 e. The third kappa shape index (κ3) is 9.18. The number of fused-ring (bicyclic) bond motifs is 1. The highest BCUT2D eigenvalue weighted by Crippen LogP contribution is 2.65. The van der Waals surface area contributed by atoms with E-state index in [9.17, 15) is 33.6 Å². The molecule has 2 heterocycles. The Morgan fingerprint density at radius 1 is 0.902 bits per heavy atom. The first-order valence-corrected chi connectivity index (χ1v) is 18.3. The predicted octanol–water partition coefficient (Wildman–Crippen LogP) is 2.93. The topological polar surface area (TPSA) is 174 Å². The van der Waals surface area contributed by atoms with Crippen LogP contribution in [0, 0.1) is 39.4 Å². The van der Waals surface area contributed by atoms with Crippen molar-refractivity contribution in [3.05, 3.63) is 12.7 Å². The van der Waals surface area contributed by atoms with Gasteiger partial charge in [0.2, 0.25) is 29.4 Å². The molecule has 284 valence electrons. The molecule has 13 nitrogen and oxygen atoms in total. The lowest BCUT2D eigenvalue weighted by Gasteiger charge is -2.40. The van der Waals surface area contributed by atoms with Crippen molar-refractivity contribution in [3.63, 3.8) is 0 Å². The van der Waals surface area contributed by atoms with Gasteiger partial charge in [0.1, 0.15) is 12.1 Å². The van der Waals surface area contributed by atoms with Crippen LogP contribution in [0.4, 0.5) is 4.79 Å². The van der Waals surface area contributed by atoms with Gasteiger partial charge in [-0.3, -0.25) is 33.7 Å². The van der Waals surface area contributed by atoms with Crippen LogP contribution in [0.1, 0.15) is 101 Å². The zero-order chi connectivity index (χ0) is 38.4. The Morgan fingerprint density at radius 3 is 2.00 bits per heavy atom. The second kappa shape index (κ2) is 14.3. The van der Waals surface area contributed by atoms with E-state index in [-0.39, 0.29) is 60.9 Å². The lowest BCUT2D eigenvalue weighted by atomic mass is 9.80. The van der Waals surface area contributed by atoms with Gasteiger partial charge in [-0.2, -0.15) is 0 Å². The van der Waals surface area contributed by atoms with Crippen LogP contribution in [0.2, 0.25) is 0 Å². The molecule has 0 aromatic carbocycles. The van der Waals surface area contributed by atoms with Crippen LogP contribution >= 0.6 is 0 Å². The Morgan fingerprint density at radius 2 is 1.49 bits per heavy atom. The highest BCUT2D eigenvalue weighted by molar-refractivity contribution is 6.38. The van der Waals surface area contributed by atoms with E-state index in [4.69, 9.17) is 0 Å². The van der Waals surface area contributed by atoms with E-state index in [1.54, 1.807) is 0 Å². The lowest BCUT2D eigenvalue weighted by Crippen LogP contribution is -2.63. The number of piperidine rings is 2. The van der Waals surface area contributed by atoms with Crippen molar-refractivity contribution in [3.8, 4) is 0 Å². The highest BCUT2D eigenvalue weighted by Gasteiger charge is 2.70. The number of likely N-dealkylation sites (tertiary alicyclic amines) is 2. The number of urea groups is 1. The Hall–Kier alpha value is -3.77. The maximum Gasteiger partial charge on any atom is 0.315 e. The van der Waals surface area contributed by atoms with Crippen LogP contribution in [0.15, 0.2) is 12.7 Å². The zero-order valence-electron chi connectivity index (χ0n) is 32.2. The summed E-state index contributed by atoms with van der Waals surface area (Å²) in [4.78, 5) is 96.7. The van der Waals surface area contributed by atoms with Crippen molar-refractivity contribution >= 4 is 41.4 Å². The second-order valence-electron chi connectivity index (χ2n) is 18.7. The van der Waals surface area contributed by atoms with Gasteiger partial charge in [-0.05, 0) is 45.8 Å². The van der Waals surface area contributed by atoms with Crippen molar-refractivity contribution < 1.29 is 33.6 Å². The summed E-state index contributed by atoms with van der Waals surface area (Å²) in [6.45, 7) is 23.0. The number of hydrogen-bond donors (Lipinski definition) is 4. The summed E-state index contributed by atoms with van der Waals surface area (Å²) in [5.41, 5.74) is -1.96. The predicted molar refractivity (Wildman–Crippen MR) is 192 cm³/mol. The molecule has 51 heavy (non-hydrogen) atoms. The monoisotopic (exact) mass is 712 g/mol. The van der Waals surface area contributed by atoms with Gasteiger partial charge < -0.3 is 26.2 Å². The SMILES string of the molecule is C=CCNC(=O)C(=O)C(CC1CC1)NC(=O)C1C2C(CN1C(=O)C(NC(=O)NC(CN1C(=O)CC(C)(C)CC1=O)C(C)(C)C)C(C)(C)C)C2(C)C. The Bertz CT molecular complexity index is 1430. The summed E-state index contributed by atoms with van der Waals surface area (Å²) in [5, 5.41) is 11.2. The molecule has 7 amide bonds. The van der Waals surface area contributed by atoms with Gasteiger partial charge in [0.25, 0.3) is 5.91 Å². The fraction of sp³-hybridized carbons (Fsp3) is 0.763. The molecule has 2 saturated carbocycles. The molecule has 0 bridgehead atoms. The number of carbonyl (C=O) groups excluding carboxylic acids is 7. The van der Waals surface area contributed by atoms with Crippen molar-refractivity contribution in [1.29, 1.82) is 0 Å². The van der Waals surface area contributed by atoms with E-state index in [0.717, 1.165) is 12.8 Å². The van der Waals surface area contributed by atoms with Gasteiger partial charge in [0.15, 0.2) is 0 Å². The molecule has 6 atom stereocenters. The van der Waals surface area contributed by atoms with Gasteiger partial charge in [-0.25, -0.2) is 4.79 Å². The largest absolute Gasteiger partial charge is 0.346 e. The van der Waals surface area contributed by atoms with Crippen LogP contribution in [0.25, 0.3) is 0 Å². The number of ketones is 1. The molecule has 4 N–H and O–H groups in total. The molecule has 4 rings (SSSR count). The van der Waals surface area contributed by atoms with Crippen LogP contribution in [-0.2, 0) is 28.8 Å². The summed E-state index contributed by atoms with van der Waals surface area (Å²) in [5.74, 6) is -2.86. The molecule has 6 unspecified atom stereocenters.